The van der Waals surface area contributed by atoms with Gasteiger partial charge in [0.25, 0.3) is 0 Å². The Bertz CT molecular complexity index is 587. The summed E-state index contributed by atoms with van der Waals surface area (Å²) in [7, 11) is 1.90. The van der Waals surface area contributed by atoms with Gasteiger partial charge in [-0.05, 0) is 24.0 Å². The van der Waals surface area contributed by atoms with Crippen molar-refractivity contribution in [3.63, 3.8) is 0 Å². The van der Waals surface area contributed by atoms with E-state index in [9.17, 15) is 4.79 Å². The Morgan fingerprint density at radius 1 is 1.00 bits per heavy atom. The molecule has 2 aromatic rings. The number of hydrogen-bond donors (Lipinski definition) is 0. The lowest BCUT2D eigenvalue weighted by Crippen LogP contribution is -2.36. The summed E-state index contributed by atoms with van der Waals surface area (Å²) in [6.45, 7) is 0.675. The first kappa shape index (κ1) is 12.9. The largest absolute Gasteiger partial charge is 0.341 e. The van der Waals surface area contributed by atoms with Gasteiger partial charge in [-0.1, -0.05) is 60.7 Å². The topological polar surface area (TPSA) is 20.3 Å². The van der Waals surface area contributed by atoms with Crippen LogP contribution in [0, 0.1) is 0 Å². The Labute approximate surface area is 120 Å². The fourth-order valence-electron chi connectivity index (χ4n) is 2.80. The van der Waals surface area contributed by atoms with Gasteiger partial charge in [0.05, 0.1) is 5.41 Å². The van der Waals surface area contributed by atoms with Gasteiger partial charge in [-0.15, -0.1) is 0 Å². The van der Waals surface area contributed by atoms with Crippen molar-refractivity contribution in [1.29, 1.82) is 0 Å². The van der Waals surface area contributed by atoms with Crippen LogP contribution in [0.25, 0.3) is 0 Å². The van der Waals surface area contributed by atoms with Crippen LogP contribution in [-0.4, -0.2) is 17.9 Å². The zero-order chi connectivity index (χ0) is 14.0. The maximum absolute atomic E-state index is 12.8. The number of likely N-dealkylation sites (N-methyl/N-ethyl adjacent to an activating group) is 1. The summed E-state index contributed by atoms with van der Waals surface area (Å²) >= 11 is 0. The van der Waals surface area contributed by atoms with Crippen molar-refractivity contribution < 1.29 is 4.79 Å². The molecule has 1 amide bonds. The number of carbonyl (C=O) groups excluding carboxylic acids is 1. The summed E-state index contributed by atoms with van der Waals surface area (Å²) in [5.74, 6) is 0.243. The number of carbonyl (C=O) groups is 1. The molecule has 2 heteroatoms. The number of amides is 1. The summed E-state index contributed by atoms with van der Waals surface area (Å²) in [5, 5.41) is 0. The third-order valence-electron chi connectivity index (χ3n) is 4.10. The van der Waals surface area contributed by atoms with E-state index in [2.05, 4.69) is 24.3 Å². The normalized spacial score (nSPS) is 15.7. The molecule has 0 spiro atoms. The van der Waals surface area contributed by atoms with Gasteiger partial charge in [-0.2, -0.15) is 0 Å². The summed E-state index contributed by atoms with van der Waals surface area (Å²) in [5.41, 5.74) is 2.07. The molecule has 20 heavy (non-hydrogen) atoms. The van der Waals surface area contributed by atoms with Crippen LogP contribution in [0.5, 0.6) is 0 Å². The number of hydrogen-bond acceptors (Lipinski definition) is 1. The Kier molecular flexibility index (Phi) is 3.31. The first-order valence-corrected chi connectivity index (χ1v) is 7.07. The lowest BCUT2D eigenvalue weighted by molar-refractivity contribution is -0.133. The Morgan fingerprint density at radius 2 is 1.55 bits per heavy atom. The maximum atomic E-state index is 12.8. The highest BCUT2D eigenvalue weighted by molar-refractivity contribution is 5.91. The Balaban J connectivity index is 1.76. The number of rotatable bonds is 4. The molecule has 1 aliphatic rings. The smallest absolute Gasteiger partial charge is 0.233 e. The average molecular weight is 265 g/mol. The molecule has 0 radical (unpaired) electrons. The van der Waals surface area contributed by atoms with E-state index >= 15 is 0 Å². The van der Waals surface area contributed by atoms with Crippen LogP contribution in [0.15, 0.2) is 60.7 Å². The molecule has 0 unspecified atom stereocenters. The third kappa shape index (κ3) is 2.34. The van der Waals surface area contributed by atoms with Crippen molar-refractivity contribution in [3.05, 3.63) is 71.8 Å². The summed E-state index contributed by atoms with van der Waals surface area (Å²) in [6.07, 6.45) is 1.93. The van der Waals surface area contributed by atoms with E-state index in [1.165, 1.54) is 5.56 Å². The van der Waals surface area contributed by atoms with Crippen LogP contribution >= 0.6 is 0 Å². The average Bonchev–Trinajstić information content (AvgIpc) is 3.30. The van der Waals surface area contributed by atoms with E-state index < -0.39 is 0 Å². The molecule has 0 heterocycles. The van der Waals surface area contributed by atoms with E-state index in [4.69, 9.17) is 0 Å². The zero-order valence-electron chi connectivity index (χ0n) is 11.8. The van der Waals surface area contributed by atoms with Gasteiger partial charge in [0.1, 0.15) is 0 Å². The lowest BCUT2D eigenvalue weighted by atomic mass is 9.94. The maximum Gasteiger partial charge on any atom is 0.233 e. The molecule has 1 saturated carbocycles. The van der Waals surface area contributed by atoms with E-state index in [1.807, 2.05) is 48.3 Å². The molecule has 0 atom stereocenters. The van der Waals surface area contributed by atoms with Gasteiger partial charge in [0.15, 0.2) is 0 Å². The number of nitrogens with zero attached hydrogens (tertiary/aromatic N) is 1. The molecular weight excluding hydrogens is 246 g/mol. The second kappa shape index (κ2) is 5.12. The van der Waals surface area contributed by atoms with Crippen molar-refractivity contribution in [2.75, 3.05) is 7.05 Å². The molecule has 1 fully saturated rings. The molecule has 2 nitrogen and oxygen atoms in total. The van der Waals surface area contributed by atoms with Gasteiger partial charge in [0, 0.05) is 13.6 Å². The van der Waals surface area contributed by atoms with Gasteiger partial charge >= 0.3 is 0 Å². The highest BCUT2D eigenvalue weighted by Crippen LogP contribution is 2.49. The molecule has 0 bridgehead atoms. The van der Waals surface area contributed by atoms with Crippen molar-refractivity contribution in [2.45, 2.75) is 24.8 Å². The molecule has 0 aliphatic heterocycles. The summed E-state index contributed by atoms with van der Waals surface area (Å²) < 4.78 is 0. The monoisotopic (exact) mass is 265 g/mol. The van der Waals surface area contributed by atoms with Crippen LogP contribution in [0.4, 0.5) is 0 Å². The van der Waals surface area contributed by atoms with E-state index in [0.29, 0.717) is 6.54 Å². The van der Waals surface area contributed by atoms with E-state index in [-0.39, 0.29) is 11.3 Å². The first-order valence-electron chi connectivity index (χ1n) is 7.07. The fourth-order valence-corrected chi connectivity index (χ4v) is 2.80. The summed E-state index contributed by atoms with van der Waals surface area (Å²) in [6, 6.07) is 20.3. The first-order chi connectivity index (χ1) is 9.72. The molecular formula is C18H19NO. The van der Waals surface area contributed by atoms with Crippen LogP contribution in [0.1, 0.15) is 24.0 Å². The Hall–Kier alpha value is -2.09. The minimum Gasteiger partial charge on any atom is -0.341 e. The molecule has 3 rings (SSSR count). The highest BCUT2D eigenvalue weighted by atomic mass is 16.2. The molecule has 0 N–H and O–H groups in total. The zero-order valence-corrected chi connectivity index (χ0v) is 11.8. The Morgan fingerprint density at radius 3 is 2.10 bits per heavy atom. The minimum absolute atomic E-state index is 0.243. The van der Waals surface area contributed by atoms with Crippen LogP contribution < -0.4 is 0 Å². The van der Waals surface area contributed by atoms with Gasteiger partial charge in [0.2, 0.25) is 5.91 Å². The second-order valence-corrected chi connectivity index (χ2v) is 5.59. The van der Waals surface area contributed by atoms with Crippen LogP contribution in [0.2, 0.25) is 0 Å². The predicted molar refractivity (Wildman–Crippen MR) is 80.3 cm³/mol. The predicted octanol–water partition coefficient (Wildman–Crippen LogP) is 3.38. The van der Waals surface area contributed by atoms with E-state index in [0.717, 1.165) is 18.4 Å². The molecule has 1 aliphatic carbocycles. The van der Waals surface area contributed by atoms with E-state index in [1.54, 1.807) is 0 Å². The molecule has 2 aromatic carbocycles. The number of benzene rings is 2. The molecule has 0 aromatic heterocycles. The lowest BCUT2D eigenvalue weighted by Gasteiger charge is -2.24. The fraction of sp³-hybridized carbons (Fsp3) is 0.278. The molecule has 0 saturated heterocycles. The SMILES string of the molecule is CN(Cc1ccccc1)C(=O)C1(c2ccccc2)CC1. The quantitative estimate of drug-likeness (QED) is 0.830. The summed E-state index contributed by atoms with van der Waals surface area (Å²) in [4.78, 5) is 14.6. The van der Waals surface area contributed by atoms with Gasteiger partial charge in [-0.25, -0.2) is 0 Å². The van der Waals surface area contributed by atoms with Gasteiger partial charge in [-0.3, -0.25) is 4.79 Å². The van der Waals surface area contributed by atoms with Crippen molar-refractivity contribution >= 4 is 5.91 Å². The standard InChI is InChI=1S/C18H19NO/c1-19(14-15-8-4-2-5-9-15)17(20)18(12-13-18)16-10-6-3-7-11-16/h2-11H,12-14H2,1H3. The van der Waals surface area contributed by atoms with Crippen molar-refractivity contribution in [2.24, 2.45) is 0 Å². The minimum atomic E-state index is -0.259. The third-order valence-corrected chi connectivity index (χ3v) is 4.10. The second-order valence-electron chi connectivity index (χ2n) is 5.59. The van der Waals surface area contributed by atoms with Crippen molar-refractivity contribution in [1.82, 2.24) is 4.90 Å². The van der Waals surface area contributed by atoms with Crippen LogP contribution in [0.3, 0.4) is 0 Å². The molecule has 102 valence electrons. The van der Waals surface area contributed by atoms with Crippen LogP contribution in [-0.2, 0) is 16.8 Å². The highest BCUT2D eigenvalue weighted by Gasteiger charge is 2.52. The van der Waals surface area contributed by atoms with Crippen molar-refractivity contribution in [3.8, 4) is 0 Å². The van der Waals surface area contributed by atoms with Gasteiger partial charge < -0.3 is 4.90 Å².